The number of benzene rings is 1. The Morgan fingerprint density at radius 2 is 1.74 bits per heavy atom. The fraction of sp³-hybridized carbons (Fsp3) is 0.619. The third-order valence-corrected chi connectivity index (χ3v) is 5.96. The number of hydrogen-bond donors (Lipinski definition) is 0. The van der Waals surface area contributed by atoms with Crippen LogP contribution in [0.1, 0.15) is 45.4 Å². The third kappa shape index (κ3) is 4.60. The summed E-state index contributed by atoms with van der Waals surface area (Å²) in [5.41, 5.74) is 0.901. The fourth-order valence-corrected chi connectivity index (χ4v) is 4.46. The zero-order valence-corrected chi connectivity index (χ0v) is 16.4. The van der Waals surface area contributed by atoms with E-state index in [1.54, 1.807) is 19.1 Å². The number of rotatable bonds is 4. The lowest BCUT2D eigenvalue weighted by Crippen LogP contribution is -2.50. The van der Waals surface area contributed by atoms with Crippen LogP contribution in [0.4, 0.5) is 10.1 Å². The minimum Gasteiger partial charge on any atom is -0.374 e. The van der Waals surface area contributed by atoms with Crippen molar-refractivity contribution in [2.45, 2.75) is 57.5 Å². The first-order valence-electron chi connectivity index (χ1n) is 10.0. The molecule has 5 nitrogen and oxygen atoms in total. The molecular formula is C21H30FN3O2. The molecule has 27 heavy (non-hydrogen) atoms. The van der Waals surface area contributed by atoms with Gasteiger partial charge in [-0.05, 0) is 43.5 Å². The monoisotopic (exact) mass is 375 g/mol. The van der Waals surface area contributed by atoms with Crippen molar-refractivity contribution in [1.29, 1.82) is 0 Å². The van der Waals surface area contributed by atoms with Gasteiger partial charge in [0, 0.05) is 45.7 Å². The number of amides is 2. The predicted molar refractivity (Wildman–Crippen MR) is 104 cm³/mol. The van der Waals surface area contributed by atoms with Gasteiger partial charge in [-0.3, -0.25) is 9.59 Å². The molecule has 2 amide bonds. The van der Waals surface area contributed by atoms with Crippen molar-refractivity contribution < 1.29 is 14.0 Å². The van der Waals surface area contributed by atoms with E-state index in [-0.39, 0.29) is 29.7 Å². The molecule has 0 N–H and O–H groups in total. The van der Waals surface area contributed by atoms with Gasteiger partial charge in [0.2, 0.25) is 11.8 Å². The number of fused-ring (bicyclic) bond motifs is 1. The average molecular weight is 375 g/mol. The molecule has 2 aliphatic heterocycles. The molecule has 2 saturated heterocycles. The van der Waals surface area contributed by atoms with E-state index in [1.807, 2.05) is 21.7 Å². The van der Waals surface area contributed by atoms with Crippen molar-refractivity contribution in [1.82, 2.24) is 9.80 Å². The van der Waals surface area contributed by atoms with E-state index in [9.17, 15) is 14.0 Å². The zero-order valence-electron chi connectivity index (χ0n) is 16.4. The van der Waals surface area contributed by atoms with E-state index >= 15 is 0 Å². The van der Waals surface area contributed by atoms with Crippen LogP contribution >= 0.6 is 0 Å². The summed E-state index contributed by atoms with van der Waals surface area (Å²) >= 11 is 0. The Balaban J connectivity index is 1.63. The van der Waals surface area contributed by atoms with Crippen LogP contribution in [0.2, 0.25) is 0 Å². The number of hydrogen-bond acceptors (Lipinski definition) is 3. The first-order valence-corrected chi connectivity index (χ1v) is 10.0. The topological polar surface area (TPSA) is 43.9 Å². The van der Waals surface area contributed by atoms with Crippen LogP contribution in [-0.4, -0.2) is 60.4 Å². The standard InChI is InChI=1S/C21H30FN3O2/c1-16(26)24-15-11-20-19(24)6-4-3-5-13-25(20)21(27)12-14-23(2)18-9-7-17(22)8-10-18/h7-10,19-20H,3-6,11-15H2,1-2H3/t19-,20+/m1/s1. The lowest BCUT2D eigenvalue weighted by molar-refractivity contribution is -0.137. The van der Waals surface area contributed by atoms with Gasteiger partial charge in [-0.2, -0.15) is 0 Å². The summed E-state index contributed by atoms with van der Waals surface area (Å²) < 4.78 is 13.1. The predicted octanol–water partition coefficient (Wildman–Crippen LogP) is 3.04. The van der Waals surface area contributed by atoms with Gasteiger partial charge < -0.3 is 14.7 Å². The summed E-state index contributed by atoms with van der Waals surface area (Å²) in [6, 6.07) is 6.65. The van der Waals surface area contributed by atoms with E-state index < -0.39 is 0 Å². The second-order valence-electron chi connectivity index (χ2n) is 7.72. The van der Waals surface area contributed by atoms with Crippen LogP contribution in [0, 0.1) is 5.82 Å². The molecule has 0 aromatic heterocycles. The van der Waals surface area contributed by atoms with Gasteiger partial charge in [0.15, 0.2) is 0 Å². The molecule has 0 unspecified atom stereocenters. The van der Waals surface area contributed by atoms with Crippen molar-refractivity contribution in [3.05, 3.63) is 30.1 Å². The molecule has 2 fully saturated rings. The Hall–Kier alpha value is -2.11. The van der Waals surface area contributed by atoms with Gasteiger partial charge in [-0.15, -0.1) is 0 Å². The third-order valence-electron chi connectivity index (χ3n) is 5.96. The van der Waals surface area contributed by atoms with E-state index in [4.69, 9.17) is 0 Å². The van der Waals surface area contributed by atoms with Crippen molar-refractivity contribution in [3.8, 4) is 0 Å². The summed E-state index contributed by atoms with van der Waals surface area (Å²) in [5.74, 6) is 0.0175. The van der Waals surface area contributed by atoms with Crippen molar-refractivity contribution >= 4 is 17.5 Å². The van der Waals surface area contributed by atoms with Crippen molar-refractivity contribution in [3.63, 3.8) is 0 Å². The molecule has 2 heterocycles. The fourth-order valence-electron chi connectivity index (χ4n) is 4.46. The molecule has 0 spiro atoms. The lowest BCUT2D eigenvalue weighted by atomic mass is 9.96. The molecule has 3 rings (SSSR count). The van der Waals surface area contributed by atoms with Gasteiger partial charge in [0.1, 0.15) is 5.82 Å². The quantitative estimate of drug-likeness (QED) is 0.812. The number of likely N-dealkylation sites (tertiary alicyclic amines) is 2. The number of halogens is 1. The molecule has 6 heteroatoms. The minimum atomic E-state index is -0.258. The second kappa shape index (κ2) is 8.72. The lowest BCUT2D eigenvalue weighted by Gasteiger charge is -2.37. The van der Waals surface area contributed by atoms with Crippen LogP contribution in [0.25, 0.3) is 0 Å². The SMILES string of the molecule is CC(=O)N1CC[C@H]2[C@H]1CCCCCN2C(=O)CCN(C)c1ccc(F)cc1. The van der Waals surface area contributed by atoms with Crippen LogP contribution in [0.15, 0.2) is 24.3 Å². The Kier molecular flexibility index (Phi) is 6.34. The maximum atomic E-state index is 13.1. The number of carbonyl (C=O) groups is 2. The molecule has 2 atom stereocenters. The average Bonchev–Trinajstić information content (AvgIpc) is 3.03. The molecular weight excluding hydrogens is 345 g/mol. The summed E-state index contributed by atoms with van der Waals surface area (Å²) in [4.78, 5) is 30.9. The van der Waals surface area contributed by atoms with Crippen LogP contribution in [0.5, 0.6) is 0 Å². The Morgan fingerprint density at radius 3 is 2.44 bits per heavy atom. The molecule has 2 aliphatic rings. The molecule has 148 valence electrons. The number of carbonyl (C=O) groups excluding carboxylic acids is 2. The summed E-state index contributed by atoms with van der Waals surface area (Å²) in [7, 11) is 1.92. The number of anilines is 1. The van der Waals surface area contributed by atoms with E-state index in [0.717, 1.165) is 50.9 Å². The minimum absolute atomic E-state index is 0.117. The smallest absolute Gasteiger partial charge is 0.224 e. The molecule has 0 radical (unpaired) electrons. The summed E-state index contributed by atoms with van der Waals surface area (Å²) in [6.07, 6.45) is 5.56. The van der Waals surface area contributed by atoms with Gasteiger partial charge in [0.05, 0.1) is 12.1 Å². The highest BCUT2D eigenvalue weighted by Crippen LogP contribution is 2.30. The largest absolute Gasteiger partial charge is 0.374 e. The Bertz CT molecular complexity index is 664. The number of nitrogens with zero attached hydrogens (tertiary/aromatic N) is 3. The molecule has 0 bridgehead atoms. The molecule has 0 saturated carbocycles. The first kappa shape index (κ1) is 19.6. The van der Waals surface area contributed by atoms with Crippen LogP contribution < -0.4 is 4.90 Å². The highest BCUT2D eigenvalue weighted by molar-refractivity contribution is 5.78. The second-order valence-corrected chi connectivity index (χ2v) is 7.72. The highest BCUT2D eigenvalue weighted by Gasteiger charge is 2.40. The van der Waals surface area contributed by atoms with Crippen LogP contribution in [-0.2, 0) is 9.59 Å². The Morgan fingerprint density at radius 1 is 1.04 bits per heavy atom. The Labute approximate surface area is 161 Å². The summed E-state index contributed by atoms with van der Waals surface area (Å²) in [5, 5.41) is 0. The maximum absolute atomic E-state index is 13.1. The van der Waals surface area contributed by atoms with E-state index in [1.165, 1.54) is 12.1 Å². The van der Waals surface area contributed by atoms with E-state index in [2.05, 4.69) is 0 Å². The van der Waals surface area contributed by atoms with Crippen LogP contribution in [0.3, 0.4) is 0 Å². The molecule has 1 aromatic rings. The maximum Gasteiger partial charge on any atom is 0.224 e. The van der Waals surface area contributed by atoms with Gasteiger partial charge in [-0.25, -0.2) is 4.39 Å². The highest BCUT2D eigenvalue weighted by atomic mass is 19.1. The first-order chi connectivity index (χ1) is 13.0. The molecule has 0 aliphatic carbocycles. The van der Waals surface area contributed by atoms with Crippen molar-refractivity contribution in [2.24, 2.45) is 0 Å². The normalized spacial score (nSPS) is 22.8. The summed E-state index contributed by atoms with van der Waals surface area (Å²) in [6.45, 7) is 3.76. The van der Waals surface area contributed by atoms with Crippen molar-refractivity contribution in [2.75, 3.05) is 31.6 Å². The van der Waals surface area contributed by atoms with Gasteiger partial charge in [0.25, 0.3) is 0 Å². The van der Waals surface area contributed by atoms with Gasteiger partial charge >= 0.3 is 0 Å². The van der Waals surface area contributed by atoms with E-state index in [0.29, 0.717) is 13.0 Å². The van der Waals surface area contributed by atoms with Gasteiger partial charge in [-0.1, -0.05) is 12.8 Å². The zero-order chi connectivity index (χ0) is 19.4. The molecule has 1 aromatic carbocycles.